The molecule has 4 aromatic heterocycles. The Hall–Kier alpha value is -3.32. The number of aliphatic hydroxyl groups excluding tert-OH is 1. The van der Waals surface area contributed by atoms with Crippen molar-refractivity contribution in [1.29, 1.82) is 0 Å². The molecule has 0 radical (unpaired) electrons. The number of nitrogens with one attached hydrogen (secondary N) is 1. The van der Waals surface area contributed by atoms with Gasteiger partial charge in [-0.1, -0.05) is 0 Å². The summed E-state index contributed by atoms with van der Waals surface area (Å²) in [5, 5.41) is 11.6. The molecule has 2 aliphatic carbocycles. The molecule has 22 heteroatoms. The Labute approximate surface area is 251 Å². The second kappa shape index (κ2) is 10.3. The maximum atomic E-state index is 15.9. The van der Waals surface area contributed by atoms with Crippen molar-refractivity contribution in [1.82, 2.24) is 39.0 Å². The molecule has 2 saturated carbocycles. The van der Waals surface area contributed by atoms with Gasteiger partial charge in [0, 0.05) is 9.98 Å². The van der Waals surface area contributed by atoms with Gasteiger partial charge in [-0.25, -0.2) is 33.9 Å². The van der Waals surface area contributed by atoms with Crippen molar-refractivity contribution in [3.8, 4) is 0 Å². The number of aliphatic hydroxyl groups is 1. The minimum absolute atomic E-state index is 0.00575. The minimum atomic E-state index is -4.99. The van der Waals surface area contributed by atoms with Crippen LogP contribution in [0.25, 0.3) is 22.3 Å². The summed E-state index contributed by atoms with van der Waals surface area (Å²) in [6.45, 7) is -1.06. The van der Waals surface area contributed by atoms with Crippen molar-refractivity contribution in [3.63, 3.8) is 0 Å². The van der Waals surface area contributed by atoms with Gasteiger partial charge in [0.05, 0.1) is 31.6 Å². The van der Waals surface area contributed by atoms with Crippen molar-refractivity contribution in [2.75, 3.05) is 18.9 Å². The number of halogens is 1. The fraction of sp³-hybridized carbons (Fsp3) is 0.565. The highest BCUT2D eigenvalue weighted by atomic mass is 31.2. The number of alkyl halides is 1. The Balaban J connectivity index is 1.10. The second-order valence-electron chi connectivity index (χ2n) is 11.4. The monoisotopic (exact) mass is 668 g/mol. The van der Waals surface area contributed by atoms with Crippen LogP contribution in [0.4, 0.5) is 10.2 Å². The molecule has 4 aromatic rings. The zero-order chi connectivity index (χ0) is 31.2. The molecule has 6 heterocycles. The van der Waals surface area contributed by atoms with Crippen LogP contribution in [-0.2, 0) is 32.0 Å². The van der Waals surface area contributed by atoms with Gasteiger partial charge >= 0.3 is 16.1 Å². The predicted molar refractivity (Wildman–Crippen MR) is 146 cm³/mol. The highest BCUT2D eigenvalue weighted by Gasteiger charge is 2.69. The highest BCUT2D eigenvalue weighted by Crippen LogP contribution is 2.66. The van der Waals surface area contributed by atoms with Gasteiger partial charge < -0.3 is 30.0 Å². The van der Waals surface area contributed by atoms with E-state index in [1.165, 1.54) is 12.7 Å². The average Bonchev–Trinajstić information content (AvgIpc) is 3.72. The Bertz CT molecular complexity index is 1940. The Morgan fingerprint density at radius 1 is 1.16 bits per heavy atom. The molecule has 4 fully saturated rings. The number of nitrogens with zero attached hydrogens (tertiary/aromatic N) is 7. The molecular formula is C23H25FN9O10P2+. The van der Waals surface area contributed by atoms with Crippen LogP contribution in [0.15, 0.2) is 30.1 Å². The number of phosphoric acid groups is 1. The standard InChI is InChI=1S/C23H24FN9O10P2/c24-11-16-10(41-22(11)33-8-31-13-20(33)28-6-29-21(13)35)3-39-44(36)42-17-15(34)14(32-7-30-12-18(25)26-5-27-19(12)32)9-1-2-23(9,17)4-40-45(37,38)43-16/h5-11,14-17,22,34H,1-4H2,(H3-,25,26,27,28,29,35,37,38)/p+1/t9-,10-,11-,14-,15+,16-,17+,22-,23+/m1/s1. The number of hydrogen-bond donors (Lipinski definition) is 4. The van der Waals surface area contributed by atoms with Crippen molar-refractivity contribution in [3.05, 3.63) is 35.7 Å². The number of rotatable bonds is 2. The van der Waals surface area contributed by atoms with Crippen LogP contribution in [0.2, 0.25) is 0 Å². The molecular weight excluding hydrogens is 643 g/mol. The normalized spacial score (nSPS) is 39.5. The number of hydrogen-bond acceptors (Lipinski definition) is 15. The van der Waals surface area contributed by atoms with Crippen molar-refractivity contribution >= 4 is 44.2 Å². The lowest BCUT2D eigenvalue weighted by Crippen LogP contribution is -2.49. The molecule has 45 heavy (non-hydrogen) atoms. The number of phosphoric ester groups is 1. The maximum absolute atomic E-state index is 15.9. The molecule has 2 saturated heterocycles. The number of aromatic amines is 1. The summed E-state index contributed by atoms with van der Waals surface area (Å²) in [5.41, 5.74) is 4.85. The number of fused-ring (bicyclic) bond motifs is 3. The summed E-state index contributed by atoms with van der Waals surface area (Å²) in [6.07, 6.45) is -3.35. The van der Waals surface area contributed by atoms with Gasteiger partial charge in [0.1, 0.15) is 36.8 Å². The van der Waals surface area contributed by atoms with Crippen LogP contribution in [0.1, 0.15) is 25.1 Å². The molecule has 2 unspecified atom stereocenters. The molecule has 8 rings (SSSR count). The van der Waals surface area contributed by atoms with Crippen LogP contribution in [0, 0.1) is 11.3 Å². The lowest BCUT2D eigenvalue weighted by Gasteiger charge is -2.47. The number of ether oxygens (including phenoxy) is 1. The van der Waals surface area contributed by atoms with E-state index in [4.69, 9.17) is 28.6 Å². The third kappa shape index (κ3) is 4.39. The van der Waals surface area contributed by atoms with Gasteiger partial charge in [-0.05, 0) is 18.8 Å². The molecule has 0 amide bonds. The Morgan fingerprint density at radius 3 is 2.73 bits per heavy atom. The summed E-state index contributed by atoms with van der Waals surface area (Å²) >= 11 is 0. The fourth-order valence-corrected chi connectivity index (χ4v) is 8.92. The second-order valence-corrected chi connectivity index (χ2v) is 13.7. The van der Waals surface area contributed by atoms with E-state index in [9.17, 15) is 23.9 Å². The van der Waals surface area contributed by atoms with E-state index in [0.717, 1.165) is 17.2 Å². The first-order valence-electron chi connectivity index (χ1n) is 13.8. The van der Waals surface area contributed by atoms with Crippen LogP contribution >= 0.6 is 16.1 Å². The van der Waals surface area contributed by atoms with Crippen LogP contribution in [0.3, 0.4) is 0 Å². The highest BCUT2D eigenvalue weighted by molar-refractivity contribution is 7.47. The smallest absolute Gasteiger partial charge is 0.388 e. The zero-order valence-corrected chi connectivity index (χ0v) is 24.7. The van der Waals surface area contributed by atoms with E-state index in [1.807, 2.05) is 0 Å². The molecule has 4 aliphatic rings. The molecule has 11 atom stereocenters. The SMILES string of the molecule is Nc1ncnc2c1ncn2[C@H]1[C@H](O)[C@@H]2O[P+](=O)OC[C@H]3O[C@@H](n4cnc5c(=O)[nH]cnc54)[C@H](F)[C@@H]3OP(=O)(O)OC[C@]23CC[C@H]13. The molecule has 238 valence electrons. The van der Waals surface area contributed by atoms with Crippen LogP contribution < -0.4 is 11.3 Å². The van der Waals surface area contributed by atoms with E-state index in [1.54, 1.807) is 4.57 Å². The third-order valence-corrected chi connectivity index (χ3v) is 10.9. The first kappa shape index (κ1) is 29.1. The summed E-state index contributed by atoms with van der Waals surface area (Å²) < 4.78 is 73.0. The lowest BCUT2D eigenvalue weighted by atomic mass is 9.60. The first-order valence-corrected chi connectivity index (χ1v) is 16.4. The van der Waals surface area contributed by atoms with Crippen molar-refractivity contribution in [2.45, 2.75) is 55.7 Å². The lowest BCUT2D eigenvalue weighted by molar-refractivity contribution is -0.0979. The van der Waals surface area contributed by atoms with Gasteiger partial charge in [-0.15, -0.1) is 9.05 Å². The molecule has 0 bridgehead atoms. The quantitative estimate of drug-likeness (QED) is 0.214. The summed E-state index contributed by atoms with van der Waals surface area (Å²) in [6, 6.07) is -0.719. The molecule has 19 nitrogen and oxygen atoms in total. The minimum Gasteiger partial charge on any atom is -0.388 e. The number of nitrogen functional groups attached to an aromatic ring is 1. The Morgan fingerprint density at radius 2 is 1.93 bits per heavy atom. The van der Waals surface area contributed by atoms with Gasteiger partial charge in [-0.2, -0.15) is 0 Å². The largest absolute Gasteiger partial charge is 0.697 e. The van der Waals surface area contributed by atoms with Gasteiger partial charge in [-0.3, -0.25) is 18.4 Å². The van der Waals surface area contributed by atoms with Crippen molar-refractivity contribution in [2.24, 2.45) is 11.3 Å². The molecule has 1 spiro atoms. The van der Waals surface area contributed by atoms with Gasteiger partial charge in [0.25, 0.3) is 5.56 Å². The number of nitrogens with two attached hydrogens (primary N) is 1. The van der Waals surface area contributed by atoms with E-state index < -0.39 is 89.0 Å². The van der Waals surface area contributed by atoms with Crippen LogP contribution in [-0.4, -0.2) is 92.8 Å². The van der Waals surface area contributed by atoms with E-state index in [-0.39, 0.29) is 17.0 Å². The molecule has 5 N–H and O–H groups in total. The third-order valence-electron chi connectivity index (χ3n) is 9.21. The summed E-state index contributed by atoms with van der Waals surface area (Å²) in [7, 11) is -7.92. The summed E-state index contributed by atoms with van der Waals surface area (Å²) in [4.78, 5) is 45.7. The number of H-pyrrole nitrogens is 1. The van der Waals surface area contributed by atoms with Crippen molar-refractivity contribution < 1.29 is 46.4 Å². The van der Waals surface area contributed by atoms with Gasteiger partial charge in [0.15, 0.2) is 41.1 Å². The zero-order valence-electron chi connectivity index (χ0n) is 22.9. The average molecular weight is 668 g/mol. The summed E-state index contributed by atoms with van der Waals surface area (Å²) in [5.74, 6) is -0.272. The molecule has 2 aliphatic heterocycles. The maximum Gasteiger partial charge on any atom is 0.697 e. The molecule has 0 aromatic carbocycles. The van der Waals surface area contributed by atoms with E-state index >= 15 is 4.39 Å². The number of imidazole rings is 2. The van der Waals surface area contributed by atoms with E-state index in [0.29, 0.717) is 24.0 Å². The topological polar surface area (TPSA) is 254 Å². The van der Waals surface area contributed by atoms with Gasteiger partial charge in [0.2, 0.25) is 0 Å². The van der Waals surface area contributed by atoms with E-state index in [2.05, 4.69) is 29.9 Å². The van der Waals surface area contributed by atoms with Crippen LogP contribution in [0.5, 0.6) is 0 Å². The number of aromatic nitrogens is 8. The Kier molecular flexibility index (Phi) is 6.69. The number of anilines is 1. The first-order chi connectivity index (χ1) is 21.6. The fourth-order valence-electron chi connectivity index (χ4n) is 7.05. The predicted octanol–water partition coefficient (Wildman–Crippen LogP) is 0.664.